The lowest BCUT2D eigenvalue weighted by Gasteiger charge is -2.17. The van der Waals surface area contributed by atoms with E-state index < -0.39 is 12.0 Å². The lowest BCUT2D eigenvalue weighted by Crippen LogP contribution is -2.27. The number of hydrogen-bond donors (Lipinski definition) is 1. The molecule has 84 valence electrons. The van der Waals surface area contributed by atoms with E-state index in [1.807, 2.05) is 12.1 Å². The summed E-state index contributed by atoms with van der Waals surface area (Å²) in [5.41, 5.74) is 1.04. The number of benzene rings is 1. The zero-order chi connectivity index (χ0) is 11.7. The minimum atomic E-state index is -0.941. The van der Waals surface area contributed by atoms with Crippen LogP contribution in [0.25, 0.3) is 11.0 Å². The van der Waals surface area contributed by atoms with Crippen LogP contribution in [0.5, 0.6) is 0 Å². The Morgan fingerprint density at radius 2 is 2.12 bits per heavy atom. The maximum atomic E-state index is 11.2. The minimum Gasteiger partial charge on any atom is -0.480 e. The van der Waals surface area contributed by atoms with Gasteiger partial charge < -0.3 is 9.63 Å². The normalized spacial score (nSPS) is 13.2. The fourth-order valence-corrected chi connectivity index (χ4v) is 1.68. The topological polar surface area (TPSA) is 66.6 Å². The first kappa shape index (κ1) is 10.6. The van der Waals surface area contributed by atoms with E-state index in [0.717, 1.165) is 5.39 Å². The number of hydrogen-bond acceptors (Lipinski definition) is 4. The molecule has 0 unspecified atom stereocenters. The van der Waals surface area contributed by atoms with Crippen LogP contribution in [-0.4, -0.2) is 35.2 Å². The summed E-state index contributed by atoms with van der Waals surface area (Å²) in [5, 5.41) is 13.7. The van der Waals surface area contributed by atoms with Gasteiger partial charge in [-0.25, -0.2) is 0 Å². The van der Waals surface area contributed by atoms with E-state index >= 15 is 0 Å². The van der Waals surface area contributed by atoms with Crippen LogP contribution in [0.2, 0.25) is 0 Å². The molecule has 0 radical (unpaired) electrons. The van der Waals surface area contributed by atoms with Crippen LogP contribution in [0.15, 0.2) is 28.8 Å². The summed E-state index contributed by atoms with van der Waals surface area (Å²) in [6.07, 6.45) is 0. The zero-order valence-corrected chi connectivity index (χ0v) is 9.04. The SMILES string of the molecule is CN(C)[C@@H](C(=O)O)c1noc2ccccc12. The highest BCUT2D eigenvalue weighted by Crippen LogP contribution is 2.26. The molecule has 1 atom stereocenters. The Bertz CT molecular complexity index is 519. The Kier molecular flexibility index (Phi) is 2.62. The highest BCUT2D eigenvalue weighted by molar-refractivity contribution is 5.86. The van der Waals surface area contributed by atoms with E-state index in [9.17, 15) is 4.79 Å². The van der Waals surface area contributed by atoms with Gasteiger partial charge in [0.2, 0.25) is 0 Å². The van der Waals surface area contributed by atoms with Crippen LogP contribution in [0.1, 0.15) is 11.7 Å². The van der Waals surface area contributed by atoms with Gasteiger partial charge in [0.05, 0.1) is 0 Å². The number of likely N-dealkylation sites (N-methyl/N-ethyl adjacent to an activating group) is 1. The second-order valence-corrected chi connectivity index (χ2v) is 3.77. The van der Waals surface area contributed by atoms with Crippen molar-refractivity contribution in [2.75, 3.05) is 14.1 Å². The second kappa shape index (κ2) is 3.94. The summed E-state index contributed by atoms with van der Waals surface area (Å²) in [5.74, 6) is -0.941. The van der Waals surface area contributed by atoms with Gasteiger partial charge >= 0.3 is 5.97 Å². The number of para-hydroxylation sites is 1. The lowest BCUT2D eigenvalue weighted by atomic mass is 10.1. The van der Waals surface area contributed by atoms with E-state index in [4.69, 9.17) is 9.63 Å². The van der Waals surface area contributed by atoms with Crippen LogP contribution in [0, 0.1) is 0 Å². The number of carboxylic acid groups (broad SMARTS) is 1. The fourth-order valence-electron chi connectivity index (χ4n) is 1.68. The number of carboxylic acids is 1. The molecule has 16 heavy (non-hydrogen) atoms. The Hall–Kier alpha value is -1.88. The molecule has 0 saturated heterocycles. The average Bonchev–Trinajstić information content (AvgIpc) is 2.61. The van der Waals surface area contributed by atoms with Crippen LogP contribution in [-0.2, 0) is 4.79 Å². The van der Waals surface area contributed by atoms with Crippen molar-refractivity contribution < 1.29 is 14.4 Å². The molecule has 1 N–H and O–H groups in total. The smallest absolute Gasteiger partial charge is 0.327 e. The Morgan fingerprint density at radius 3 is 2.75 bits per heavy atom. The van der Waals surface area contributed by atoms with Gasteiger partial charge in [-0.05, 0) is 26.2 Å². The quantitative estimate of drug-likeness (QED) is 0.849. The molecule has 0 aliphatic heterocycles. The predicted molar refractivity (Wildman–Crippen MR) is 58.1 cm³/mol. The summed E-state index contributed by atoms with van der Waals surface area (Å²) >= 11 is 0. The van der Waals surface area contributed by atoms with Crippen LogP contribution in [0.4, 0.5) is 0 Å². The Labute approximate surface area is 92.3 Å². The molecule has 5 nitrogen and oxygen atoms in total. The first-order valence-electron chi connectivity index (χ1n) is 4.85. The Morgan fingerprint density at radius 1 is 1.44 bits per heavy atom. The lowest BCUT2D eigenvalue weighted by molar-refractivity contribution is -0.142. The highest BCUT2D eigenvalue weighted by atomic mass is 16.5. The Balaban J connectivity index is 2.57. The number of carbonyl (C=O) groups is 1. The van der Waals surface area contributed by atoms with Crippen molar-refractivity contribution in [3.05, 3.63) is 30.0 Å². The van der Waals surface area contributed by atoms with Gasteiger partial charge in [-0.2, -0.15) is 0 Å². The van der Waals surface area contributed by atoms with Crippen LogP contribution in [0.3, 0.4) is 0 Å². The molecule has 1 heterocycles. The average molecular weight is 220 g/mol. The maximum Gasteiger partial charge on any atom is 0.327 e. The van der Waals surface area contributed by atoms with Gasteiger partial charge in [0.1, 0.15) is 5.69 Å². The van der Waals surface area contributed by atoms with Crippen molar-refractivity contribution in [1.82, 2.24) is 10.1 Å². The predicted octanol–water partition coefficient (Wildman–Crippen LogP) is 1.52. The summed E-state index contributed by atoms with van der Waals surface area (Å²) in [7, 11) is 3.39. The van der Waals surface area contributed by atoms with Crippen molar-refractivity contribution in [3.63, 3.8) is 0 Å². The van der Waals surface area contributed by atoms with Gasteiger partial charge in [0, 0.05) is 5.39 Å². The van der Waals surface area contributed by atoms with Crippen molar-refractivity contribution in [1.29, 1.82) is 0 Å². The second-order valence-electron chi connectivity index (χ2n) is 3.77. The summed E-state index contributed by atoms with van der Waals surface area (Å²) in [6, 6.07) is 6.44. The number of rotatable bonds is 3. The first-order valence-corrected chi connectivity index (χ1v) is 4.85. The van der Waals surface area contributed by atoms with Gasteiger partial charge in [-0.3, -0.25) is 9.69 Å². The molecule has 0 spiro atoms. The monoisotopic (exact) mass is 220 g/mol. The molecule has 1 aromatic heterocycles. The minimum absolute atomic E-state index is 0.438. The first-order chi connectivity index (χ1) is 7.61. The molecule has 1 aromatic carbocycles. The van der Waals surface area contributed by atoms with Gasteiger partial charge in [0.15, 0.2) is 11.6 Å². The third-order valence-electron chi connectivity index (χ3n) is 2.41. The third kappa shape index (κ3) is 1.65. The maximum absolute atomic E-state index is 11.2. The van der Waals surface area contributed by atoms with E-state index in [-0.39, 0.29) is 0 Å². The number of fused-ring (bicyclic) bond motifs is 1. The molecule has 2 aromatic rings. The summed E-state index contributed by atoms with van der Waals surface area (Å²) < 4.78 is 5.09. The largest absolute Gasteiger partial charge is 0.480 e. The van der Waals surface area contributed by atoms with E-state index in [2.05, 4.69) is 5.16 Å². The molecule has 0 fully saturated rings. The summed E-state index contributed by atoms with van der Waals surface area (Å²) in [6.45, 7) is 0. The van der Waals surface area contributed by atoms with Crippen molar-refractivity contribution in [2.45, 2.75) is 6.04 Å². The molecule has 0 saturated carbocycles. The number of nitrogens with zero attached hydrogens (tertiary/aromatic N) is 2. The van der Waals surface area contributed by atoms with E-state index in [1.54, 1.807) is 31.1 Å². The summed E-state index contributed by atoms with van der Waals surface area (Å²) in [4.78, 5) is 12.7. The molecule has 0 aliphatic rings. The van der Waals surface area contributed by atoms with Gasteiger partial charge in [-0.1, -0.05) is 17.3 Å². The molecule has 0 aliphatic carbocycles. The van der Waals surface area contributed by atoms with Crippen LogP contribution >= 0.6 is 0 Å². The van der Waals surface area contributed by atoms with Crippen molar-refractivity contribution in [3.8, 4) is 0 Å². The molecular weight excluding hydrogens is 208 g/mol. The molecular formula is C11H12N2O3. The van der Waals surface area contributed by atoms with Crippen LogP contribution < -0.4 is 0 Å². The molecule has 0 bridgehead atoms. The number of aromatic nitrogens is 1. The van der Waals surface area contributed by atoms with E-state index in [0.29, 0.717) is 11.3 Å². The third-order valence-corrected chi connectivity index (χ3v) is 2.41. The fraction of sp³-hybridized carbons (Fsp3) is 0.273. The van der Waals surface area contributed by atoms with E-state index in [1.165, 1.54) is 0 Å². The zero-order valence-electron chi connectivity index (χ0n) is 9.04. The van der Waals surface area contributed by atoms with Gasteiger partial charge in [-0.15, -0.1) is 0 Å². The van der Waals surface area contributed by atoms with Gasteiger partial charge in [0.25, 0.3) is 0 Å². The number of aliphatic carboxylic acids is 1. The molecule has 2 rings (SSSR count). The standard InChI is InChI=1S/C11H12N2O3/c1-13(2)10(11(14)15)9-7-5-3-4-6-8(7)16-12-9/h3-6,10H,1-2H3,(H,14,15)/t10-/m1/s1. The van der Waals surface area contributed by atoms with Crippen molar-refractivity contribution in [2.24, 2.45) is 0 Å². The van der Waals surface area contributed by atoms with Crippen molar-refractivity contribution >= 4 is 16.9 Å². The highest BCUT2D eigenvalue weighted by Gasteiger charge is 2.27. The molecule has 0 amide bonds. The molecule has 5 heteroatoms.